The van der Waals surface area contributed by atoms with E-state index in [0.29, 0.717) is 0 Å². The molecule has 2 nitrogen and oxygen atoms in total. The van der Waals surface area contributed by atoms with Gasteiger partial charge in [-0.25, -0.2) is 4.98 Å². The lowest BCUT2D eigenvalue weighted by atomic mass is 9.93. The Morgan fingerprint density at radius 1 is 0.429 bits per heavy atom. The van der Waals surface area contributed by atoms with E-state index in [2.05, 4.69) is 175 Å². The van der Waals surface area contributed by atoms with Crippen LogP contribution >= 0.6 is 22.7 Å². The van der Waals surface area contributed by atoms with E-state index < -0.39 is 0 Å². The summed E-state index contributed by atoms with van der Waals surface area (Å²) in [5.41, 5.74) is 8.08. The average Bonchev–Trinajstić information content (AvgIpc) is 3.77. The summed E-state index contributed by atoms with van der Waals surface area (Å²) >= 11 is 3.65. The zero-order valence-electron chi connectivity index (χ0n) is 26.4. The SMILES string of the molecule is c1ccc(-c2nc3ccc4sc5cc(N(c6ccccc6)c6ccc(-c7cc8ccccc8c8ccccc78)cc6)ccc5c4c3s2)cc1. The van der Waals surface area contributed by atoms with E-state index in [0.717, 1.165) is 33.1 Å². The summed E-state index contributed by atoms with van der Waals surface area (Å²) in [6, 6.07) is 61.3. The van der Waals surface area contributed by atoms with Gasteiger partial charge < -0.3 is 4.90 Å². The minimum atomic E-state index is 1.06. The minimum absolute atomic E-state index is 1.06. The fourth-order valence-electron chi connectivity index (χ4n) is 7.19. The van der Waals surface area contributed by atoms with Gasteiger partial charge in [-0.1, -0.05) is 115 Å². The summed E-state index contributed by atoms with van der Waals surface area (Å²) in [5.74, 6) is 0. The first-order chi connectivity index (χ1) is 24.3. The lowest BCUT2D eigenvalue weighted by Gasteiger charge is -2.26. The Labute approximate surface area is 291 Å². The largest absolute Gasteiger partial charge is 0.310 e. The Hall–Kier alpha value is -5.81. The summed E-state index contributed by atoms with van der Waals surface area (Å²) in [6.07, 6.45) is 0. The van der Waals surface area contributed by atoms with E-state index >= 15 is 0 Å². The van der Waals surface area contributed by atoms with Gasteiger partial charge in [-0.2, -0.15) is 0 Å². The third kappa shape index (κ3) is 4.72. The molecule has 0 N–H and O–H groups in total. The molecular formula is C45H28N2S2. The Kier molecular flexibility index (Phi) is 6.57. The van der Waals surface area contributed by atoms with Gasteiger partial charge in [-0.05, 0) is 87.3 Å². The van der Waals surface area contributed by atoms with E-state index in [9.17, 15) is 0 Å². The quantitative estimate of drug-likeness (QED) is 0.171. The first kappa shape index (κ1) is 28.2. The molecule has 49 heavy (non-hydrogen) atoms. The zero-order valence-corrected chi connectivity index (χ0v) is 28.0. The van der Waals surface area contributed by atoms with Crippen molar-refractivity contribution in [2.45, 2.75) is 0 Å². The van der Waals surface area contributed by atoms with Crippen LogP contribution in [0.5, 0.6) is 0 Å². The molecule has 2 heterocycles. The molecule has 10 rings (SSSR count). The molecule has 0 atom stereocenters. The maximum absolute atomic E-state index is 5.02. The van der Waals surface area contributed by atoms with Crippen LogP contribution in [0.1, 0.15) is 0 Å². The van der Waals surface area contributed by atoms with Gasteiger partial charge in [-0.15, -0.1) is 22.7 Å². The van der Waals surface area contributed by atoms with Crippen molar-refractivity contribution in [2.75, 3.05) is 4.90 Å². The van der Waals surface area contributed by atoms with Crippen molar-refractivity contribution in [3.05, 3.63) is 170 Å². The molecule has 0 aliphatic carbocycles. The van der Waals surface area contributed by atoms with Crippen LogP contribution in [-0.2, 0) is 0 Å². The Bertz CT molecular complexity index is 2820. The highest BCUT2D eigenvalue weighted by molar-refractivity contribution is 7.28. The van der Waals surface area contributed by atoms with Crippen molar-refractivity contribution in [1.82, 2.24) is 4.98 Å². The van der Waals surface area contributed by atoms with Crippen molar-refractivity contribution in [1.29, 1.82) is 0 Å². The first-order valence-corrected chi connectivity index (χ1v) is 18.1. The first-order valence-electron chi connectivity index (χ1n) is 16.5. The smallest absolute Gasteiger partial charge is 0.124 e. The van der Waals surface area contributed by atoms with Gasteiger partial charge in [0.1, 0.15) is 5.01 Å². The van der Waals surface area contributed by atoms with Crippen molar-refractivity contribution in [3.63, 3.8) is 0 Å². The van der Waals surface area contributed by atoms with Gasteiger partial charge >= 0.3 is 0 Å². The van der Waals surface area contributed by atoms with Crippen LogP contribution in [0, 0.1) is 0 Å². The fraction of sp³-hybridized carbons (Fsp3) is 0. The molecule has 230 valence electrons. The van der Waals surface area contributed by atoms with E-state index in [1.54, 1.807) is 11.3 Å². The second kappa shape index (κ2) is 11.4. The number of anilines is 3. The Morgan fingerprint density at radius 2 is 1.10 bits per heavy atom. The minimum Gasteiger partial charge on any atom is -0.310 e. The van der Waals surface area contributed by atoms with Gasteiger partial charge in [0.15, 0.2) is 0 Å². The van der Waals surface area contributed by atoms with Gasteiger partial charge in [0, 0.05) is 42.8 Å². The highest BCUT2D eigenvalue weighted by Crippen LogP contribution is 2.45. The predicted molar refractivity (Wildman–Crippen MR) is 213 cm³/mol. The van der Waals surface area contributed by atoms with Crippen LogP contribution < -0.4 is 4.90 Å². The van der Waals surface area contributed by atoms with Crippen molar-refractivity contribution >= 4 is 91.7 Å². The van der Waals surface area contributed by atoms with Crippen LogP contribution in [0.4, 0.5) is 17.1 Å². The lowest BCUT2D eigenvalue weighted by molar-refractivity contribution is 1.29. The molecule has 0 fully saturated rings. The molecule has 0 saturated heterocycles. The number of thiazole rings is 1. The topological polar surface area (TPSA) is 16.1 Å². The maximum Gasteiger partial charge on any atom is 0.124 e. The molecule has 0 unspecified atom stereocenters. The highest BCUT2D eigenvalue weighted by Gasteiger charge is 2.18. The van der Waals surface area contributed by atoms with Gasteiger partial charge in [0.2, 0.25) is 0 Å². The molecule has 0 saturated carbocycles. The van der Waals surface area contributed by atoms with Gasteiger partial charge in [0.25, 0.3) is 0 Å². The molecule has 8 aromatic carbocycles. The fourth-order valence-corrected chi connectivity index (χ4v) is 9.53. The number of benzene rings is 8. The van der Waals surface area contributed by atoms with Crippen LogP contribution in [-0.4, -0.2) is 4.98 Å². The molecule has 0 spiro atoms. The summed E-state index contributed by atoms with van der Waals surface area (Å²) in [6.45, 7) is 0. The number of aromatic nitrogens is 1. The number of hydrogen-bond donors (Lipinski definition) is 0. The van der Waals surface area contributed by atoms with Gasteiger partial charge in [0.05, 0.1) is 10.2 Å². The molecule has 2 aromatic heterocycles. The molecular weight excluding hydrogens is 633 g/mol. The number of fused-ring (bicyclic) bond motifs is 8. The second-order valence-electron chi connectivity index (χ2n) is 12.4. The number of para-hydroxylation sites is 1. The summed E-state index contributed by atoms with van der Waals surface area (Å²) in [5, 5.41) is 8.76. The Morgan fingerprint density at radius 3 is 1.92 bits per heavy atom. The molecule has 0 amide bonds. The predicted octanol–water partition coefficient (Wildman–Crippen LogP) is 13.8. The molecule has 0 radical (unpaired) electrons. The van der Waals surface area contributed by atoms with Crippen LogP contribution in [0.25, 0.3) is 73.6 Å². The number of rotatable bonds is 5. The lowest BCUT2D eigenvalue weighted by Crippen LogP contribution is -2.09. The molecule has 4 heteroatoms. The molecule has 0 aliphatic rings. The standard InChI is InChI=1S/C45H28N2S2/c1-3-11-30(12-4-1)45-46-40-25-26-41-43(44(40)49-45)38-24-23-34(28-42(38)48-41)47(32-14-5-2-6-15-32)33-21-19-29(20-22-33)39-27-31-13-7-8-16-35(31)36-17-9-10-18-37(36)39/h1-28H. The highest BCUT2D eigenvalue weighted by atomic mass is 32.1. The molecule has 0 aliphatic heterocycles. The van der Waals surface area contributed by atoms with Crippen LogP contribution in [0.2, 0.25) is 0 Å². The van der Waals surface area contributed by atoms with E-state index in [1.165, 1.54) is 57.5 Å². The normalized spacial score (nSPS) is 11.7. The number of hydrogen-bond acceptors (Lipinski definition) is 4. The van der Waals surface area contributed by atoms with Crippen LogP contribution in [0.15, 0.2) is 170 Å². The maximum atomic E-state index is 5.02. The monoisotopic (exact) mass is 660 g/mol. The number of thiophene rings is 1. The zero-order chi connectivity index (χ0) is 32.3. The van der Waals surface area contributed by atoms with Crippen molar-refractivity contribution in [2.24, 2.45) is 0 Å². The Balaban J connectivity index is 1.09. The van der Waals surface area contributed by atoms with E-state index in [1.807, 2.05) is 11.3 Å². The third-order valence-corrected chi connectivity index (χ3v) is 11.7. The van der Waals surface area contributed by atoms with Crippen molar-refractivity contribution in [3.8, 4) is 21.7 Å². The molecule has 10 aromatic rings. The molecule has 0 bridgehead atoms. The number of nitrogens with zero attached hydrogens (tertiary/aromatic N) is 2. The summed E-state index contributed by atoms with van der Waals surface area (Å²) in [4.78, 5) is 7.38. The van der Waals surface area contributed by atoms with Gasteiger partial charge in [-0.3, -0.25) is 0 Å². The second-order valence-corrected chi connectivity index (χ2v) is 14.4. The van der Waals surface area contributed by atoms with E-state index in [4.69, 9.17) is 4.98 Å². The summed E-state index contributed by atoms with van der Waals surface area (Å²) < 4.78 is 3.82. The average molecular weight is 661 g/mol. The summed E-state index contributed by atoms with van der Waals surface area (Å²) in [7, 11) is 0. The van der Waals surface area contributed by atoms with E-state index in [-0.39, 0.29) is 0 Å². The van der Waals surface area contributed by atoms with Crippen molar-refractivity contribution < 1.29 is 0 Å². The van der Waals surface area contributed by atoms with Crippen LogP contribution in [0.3, 0.4) is 0 Å². The third-order valence-electron chi connectivity index (χ3n) is 9.47.